The number of hydrogen-bond donors (Lipinski definition) is 1. The molecular weight excluding hydrogens is 532 g/mol. The van der Waals surface area contributed by atoms with Crippen molar-refractivity contribution in [3.63, 3.8) is 0 Å². The van der Waals surface area contributed by atoms with E-state index in [0.717, 1.165) is 29.2 Å². The predicted molar refractivity (Wildman–Crippen MR) is 164 cm³/mol. The van der Waals surface area contributed by atoms with E-state index in [9.17, 15) is 14.4 Å². The number of nitrogens with zero attached hydrogens (tertiary/aromatic N) is 1. The zero-order valence-electron chi connectivity index (χ0n) is 25.6. The molecule has 0 spiro atoms. The number of amides is 2. The Balaban J connectivity index is 1.76. The predicted octanol–water partition coefficient (Wildman–Crippen LogP) is 6.35. The molecule has 0 aromatic heterocycles. The summed E-state index contributed by atoms with van der Waals surface area (Å²) in [6.07, 6.45) is 0.427. The maximum absolute atomic E-state index is 13.6. The molecule has 8 heteroatoms. The van der Waals surface area contributed by atoms with Gasteiger partial charge in [0, 0.05) is 20.6 Å². The second kappa shape index (κ2) is 15.9. The fourth-order valence-electron chi connectivity index (χ4n) is 5.03. The van der Waals surface area contributed by atoms with Crippen molar-refractivity contribution in [3.05, 3.63) is 83.4 Å². The van der Waals surface area contributed by atoms with Gasteiger partial charge in [-0.3, -0.25) is 4.79 Å². The fourth-order valence-corrected chi connectivity index (χ4v) is 5.03. The van der Waals surface area contributed by atoms with Gasteiger partial charge in [-0.25, -0.2) is 9.59 Å². The summed E-state index contributed by atoms with van der Waals surface area (Å²) in [5.41, 5.74) is 3.40. The number of benzene rings is 3. The zero-order valence-corrected chi connectivity index (χ0v) is 25.6. The molecule has 3 rings (SSSR count). The lowest BCUT2D eigenvalue weighted by molar-refractivity contribution is -0.171. The molecule has 1 N–H and O–H groups in total. The van der Waals surface area contributed by atoms with E-state index < -0.39 is 30.3 Å². The molecule has 3 aromatic carbocycles. The first kappa shape index (κ1) is 32.6. The zero-order chi connectivity index (χ0) is 30.6. The number of carbonyl (C=O) groups is 3. The molecule has 0 heterocycles. The van der Waals surface area contributed by atoms with Gasteiger partial charge in [-0.15, -0.1) is 0 Å². The molecule has 2 amide bonds. The Bertz CT molecular complexity index is 1340. The van der Waals surface area contributed by atoms with Crippen LogP contribution in [0.3, 0.4) is 0 Å². The van der Waals surface area contributed by atoms with Crippen LogP contribution < -0.4 is 5.32 Å². The number of ether oxygens (including phenoxy) is 3. The van der Waals surface area contributed by atoms with Crippen LogP contribution in [0.5, 0.6) is 0 Å². The summed E-state index contributed by atoms with van der Waals surface area (Å²) >= 11 is 0. The molecule has 0 bridgehead atoms. The van der Waals surface area contributed by atoms with Gasteiger partial charge in [0.2, 0.25) is 12.2 Å². The summed E-state index contributed by atoms with van der Waals surface area (Å²) in [4.78, 5) is 40.5. The summed E-state index contributed by atoms with van der Waals surface area (Å²) in [5, 5.41) is 4.81. The lowest BCUT2D eigenvalue weighted by Crippen LogP contribution is -2.48. The van der Waals surface area contributed by atoms with Gasteiger partial charge in [-0.05, 0) is 54.5 Å². The average molecular weight is 577 g/mol. The van der Waals surface area contributed by atoms with E-state index in [1.54, 1.807) is 4.90 Å². The van der Waals surface area contributed by atoms with Gasteiger partial charge in [-0.1, -0.05) is 92.6 Å². The Hall–Kier alpha value is -3.91. The number of fused-ring (bicyclic) bond motifs is 1. The molecule has 42 heavy (non-hydrogen) atoms. The molecule has 226 valence electrons. The standard InChI is InChI=1S/C34H44N2O6/c1-7-24(3)32(35-31(37)22-40-6)33(38)41-26(5)42-34(39)36(20-12-15-27-14-10-13-23(2)21-27)25(4)29-19-11-17-28-16-8-9-18-30(28)29/h8-11,13-14,16-19,21,24-26,32H,7,12,15,20,22H2,1-6H3,(H,35,37)/t24?,25-,26?,32+/m1/s1. The van der Waals surface area contributed by atoms with E-state index in [2.05, 4.69) is 36.5 Å². The third-order valence-electron chi connectivity index (χ3n) is 7.53. The molecule has 0 aliphatic rings. The van der Waals surface area contributed by atoms with E-state index in [1.165, 1.54) is 25.2 Å². The number of hydrogen-bond acceptors (Lipinski definition) is 6. The van der Waals surface area contributed by atoms with Crippen molar-refractivity contribution >= 4 is 28.7 Å². The van der Waals surface area contributed by atoms with Crippen molar-refractivity contribution in [1.82, 2.24) is 10.2 Å². The van der Waals surface area contributed by atoms with E-state index in [0.29, 0.717) is 13.0 Å². The molecular formula is C34H44N2O6. The number of nitrogens with one attached hydrogen (secondary N) is 1. The minimum Gasteiger partial charge on any atom is -0.424 e. The molecule has 3 aromatic rings. The lowest BCUT2D eigenvalue weighted by atomic mass is 9.98. The van der Waals surface area contributed by atoms with Crippen LogP contribution in [-0.4, -0.2) is 55.5 Å². The Labute approximate surface area is 249 Å². The molecule has 4 atom stereocenters. The number of esters is 1. The van der Waals surface area contributed by atoms with Crippen LogP contribution in [0.4, 0.5) is 4.79 Å². The second-order valence-corrected chi connectivity index (χ2v) is 10.8. The number of carbonyl (C=O) groups excluding carboxylic acids is 3. The summed E-state index contributed by atoms with van der Waals surface area (Å²) in [6, 6.07) is 21.3. The Morgan fingerprint density at radius 1 is 0.929 bits per heavy atom. The van der Waals surface area contributed by atoms with Gasteiger partial charge in [0.25, 0.3) is 0 Å². The van der Waals surface area contributed by atoms with Crippen molar-refractivity contribution in [1.29, 1.82) is 0 Å². The molecule has 0 saturated heterocycles. The Morgan fingerprint density at radius 2 is 1.64 bits per heavy atom. The maximum Gasteiger partial charge on any atom is 0.413 e. The number of methoxy groups -OCH3 is 1. The van der Waals surface area contributed by atoms with Crippen molar-refractivity contribution in [3.8, 4) is 0 Å². The van der Waals surface area contributed by atoms with Crippen LogP contribution in [0.2, 0.25) is 0 Å². The SMILES string of the molecule is CCC(C)[C@H](NC(=O)COC)C(=O)OC(C)OC(=O)N(CCCc1cccc(C)c1)[C@H](C)c1cccc2ccccc12. The molecule has 0 aliphatic carbocycles. The van der Waals surface area contributed by atoms with E-state index >= 15 is 0 Å². The molecule has 0 fully saturated rings. The normalized spacial score (nSPS) is 14.0. The van der Waals surface area contributed by atoms with E-state index in [-0.39, 0.29) is 18.6 Å². The first-order valence-corrected chi connectivity index (χ1v) is 14.6. The summed E-state index contributed by atoms with van der Waals surface area (Å²) in [7, 11) is 1.41. The number of rotatable bonds is 14. The molecule has 8 nitrogen and oxygen atoms in total. The maximum atomic E-state index is 13.6. The summed E-state index contributed by atoms with van der Waals surface area (Å²) < 4.78 is 16.1. The Morgan fingerprint density at radius 3 is 2.36 bits per heavy atom. The average Bonchev–Trinajstić information content (AvgIpc) is 2.97. The third-order valence-corrected chi connectivity index (χ3v) is 7.53. The van der Waals surface area contributed by atoms with E-state index in [1.807, 2.05) is 63.2 Å². The molecule has 0 radical (unpaired) electrons. The van der Waals surface area contributed by atoms with Gasteiger partial charge < -0.3 is 24.4 Å². The van der Waals surface area contributed by atoms with Crippen molar-refractivity contribution in [2.24, 2.45) is 5.92 Å². The van der Waals surface area contributed by atoms with Crippen molar-refractivity contribution < 1.29 is 28.6 Å². The highest BCUT2D eigenvalue weighted by Crippen LogP contribution is 2.29. The van der Waals surface area contributed by atoms with E-state index in [4.69, 9.17) is 14.2 Å². The quantitative estimate of drug-likeness (QED) is 0.178. The topological polar surface area (TPSA) is 94.2 Å². The van der Waals surface area contributed by atoms with Gasteiger partial charge in [-0.2, -0.15) is 0 Å². The summed E-state index contributed by atoms with van der Waals surface area (Å²) in [6.45, 7) is 9.59. The van der Waals surface area contributed by atoms with Crippen LogP contribution >= 0.6 is 0 Å². The van der Waals surface area contributed by atoms with Crippen LogP contribution in [0.25, 0.3) is 10.8 Å². The first-order chi connectivity index (χ1) is 20.1. The lowest BCUT2D eigenvalue weighted by Gasteiger charge is -2.31. The Kier molecular flexibility index (Phi) is 12.4. The molecule has 2 unspecified atom stereocenters. The van der Waals surface area contributed by atoms with Gasteiger partial charge in [0.1, 0.15) is 12.6 Å². The van der Waals surface area contributed by atoms with Gasteiger partial charge in [0.05, 0.1) is 6.04 Å². The van der Waals surface area contributed by atoms with Crippen LogP contribution in [0.1, 0.15) is 63.3 Å². The minimum atomic E-state index is -1.16. The van der Waals surface area contributed by atoms with Crippen molar-refractivity contribution in [2.45, 2.75) is 72.3 Å². The second-order valence-electron chi connectivity index (χ2n) is 10.8. The number of aryl methyl sites for hydroxylation is 2. The van der Waals surface area contributed by atoms with Gasteiger partial charge >= 0.3 is 12.1 Å². The molecule has 0 aliphatic heterocycles. The first-order valence-electron chi connectivity index (χ1n) is 14.6. The third kappa shape index (κ3) is 9.05. The highest BCUT2D eigenvalue weighted by Gasteiger charge is 2.31. The largest absolute Gasteiger partial charge is 0.424 e. The fraction of sp³-hybridized carbons (Fsp3) is 0.441. The van der Waals surface area contributed by atoms with Crippen molar-refractivity contribution in [2.75, 3.05) is 20.3 Å². The highest BCUT2D eigenvalue weighted by atomic mass is 16.7. The van der Waals surface area contributed by atoms with Crippen LogP contribution in [0.15, 0.2) is 66.7 Å². The monoisotopic (exact) mass is 576 g/mol. The van der Waals surface area contributed by atoms with Crippen LogP contribution in [-0.2, 0) is 30.2 Å². The smallest absolute Gasteiger partial charge is 0.413 e. The van der Waals surface area contributed by atoms with Crippen LogP contribution in [0, 0.1) is 12.8 Å². The highest BCUT2D eigenvalue weighted by molar-refractivity contribution is 5.87. The molecule has 0 saturated carbocycles. The minimum absolute atomic E-state index is 0.172. The van der Waals surface area contributed by atoms with Gasteiger partial charge in [0.15, 0.2) is 0 Å². The summed E-state index contributed by atoms with van der Waals surface area (Å²) in [5.74, 6) is -1.28.